The van der Waals surface area contributed by atoms with Crippen molar-refractivity contribution in [2.45, 2.75) is 115 Å². The monoisotopic (exact) mass is 341 g/mol. The molecule has 0 heterocycles. The molecule has 0 aliphatic carbocycles. The average molecular weight is 342 g/mol. The molecule has 0 aliphatic heterocycles. The smallest absolute Gasteiger partial charge is 0.0712 e. The van der Waals surface area contributed by atoms with Crippen LogP contribution < -0.4 is 5.73 Å². The minimum absolute atomic E-state index is 0.0151. The molecule has 0 spiro atoms. The van der Waals surface area contributed by atoms with Crippen LogP contribution in [-0.4, -0.2) is 29.0 Å². The first-order chi connectivity index (χ1) is 11.7. The van der Waals surface area contributed by atoms with Gasteiger partial charge in [0.15, 0.2) is 0 Å². The molecule has 0 fully saturated rings. The van der Waals surface area contributed by atoms with Crippen LogP contribution in [0.4, 0.5) is 0 Å². The Balaban J connectivity index is 3.23. The molecule has 144 valence electrons. The fourth-order valence-corrected chi connectivity index (χ4v) is 2.99. The van der Waals surface area contributed by atoms with E-state index in [-0.39, 0.29) is 12.6 Å². The summed E-state index contributed by atoms with van der Waals surface area (Å²) in [5.74, 6) is 0. The highest BCUT2D eigenvalue weighted by Crippen LogP contribution is 2.11. The quantitative estimate of drug-likeness (QED) is 0.240. The lowest BCUT2D eigenvalue weighted by Gasteiger charge is -2.17. The molecular formula is C21H43NO2. The molecular weight excluding hydrogens is 298 g/mol. The Morgan fingerprint density at radius 1 is 0.750 bits per heavy atom. The summed E-state index contributed by atoms with van der Waals surface area (Å²) in [5, 5.41) is 18.4. The van der Waals surface area contributed by atoms with Gasteiger partial charge in [0, 0.05) is 12.6 Å². The standard InChI is InChI=1S/C21H43NO2/c1-2-3-4-5-6-7-8-9-10-11-12-13-14-15-16-17-20(22)21(24)18-19-23/h9-10,20-21,23-24H,2-8,11-19,22H2,1H3/b10-9-. The number of allylic oxidation sites excluding steroid dienone is 2. The van der Waals surface area contributed by atoms with Crippen molar-refractivity contribution in [2.24, 2.45) is 5.73 Å². The molecule has 24 heavy (non-hydrogen) atoms. The number of aliphatic hydroxyl groups is 2. The molecule has 0 bridgehead atoms. The number of unbranched alkanes of at least 4 members (excludes halogenated alkanes) is 11. The van der Waals surface area contributed by atoms with Crippen molar-refractivity contribution >= 4 is 0 Å². The molecule has 2 atom stereocenters. The molecule has 0 radical (unpaired) electrons. The maximum absolute atomic E-state index is 9.64. The van der Waals surface area contributed by atoms with Crippen LogP contribution in [0.3, 0.4) is 0 Å². The van der Waals surface area contributed by atoms with Gasteiger partial charge in [-0.1, -0.05) is 76.9 Å². The zero-order valence-electron chi connectivity index (χ0n) is 16.1. The predicted molar refractivity (Wildman–Crippen MR) is 105 cm³/mol. The molecule has 0 aliphatic rings. The Morgan fingerprint density at radius 2 is 1.25 bits per heavy atom. The van der Waals surface area contributed by atoms with Crippen LogP contribution in [0, 0.1) is 0 Å². The van der Waals surface area contributed by atoms with Crippen molar-refractivity contribution in [1.29, 1.82) is 0 Å². The highest BCUT2D eigenvalue weighted by atomic mass is 16.3. The molecule has 0 aromatic carbocycles. The highest BCUT2D eigenvalue weighted by molar-refractivity contribution is 4.81. The molecule has 0 aromatic heterocycles. The topological polar surface area (TPSA) is 66.5 Å². The van der Waals surface area contributed by atoms with Gasteiger partial charge < -0.3 is 15.9 Å². The van der Waals surface area contributed by atoms with Gasteiger partial charge in [-0.15, -0.1) is 0 Å². The number of aliphatic hydroxyl groups excluding tert-OH is 2. The first kappa shape index (κ1) is 23.6. The van der Waals surface area contributed by atoms with Crippen LogP contribution in [0.15, 0.2) is 12.2 Å². The molecule has 4 N–H and O–H groups in total. The fraction of sp³-hybridized carbons (Fsp3) is 0.905. The van der Waals surface area contributed by atoms with E-state index in [4.69, 9.17) is 10.8 Å². The van der Waals surface area contributed by atoms with Gasteiger partial charge >= 0.3 is 0 Å². The van der Waals surface area contributed by atoms with E-state index in [0.717, 1.165) is 12.8 Å². The summed E-state index contributed by atoms with van der Waals surface area (Å²) in [6.45, 7) is 2.28. The SMILES string of the molecule is CCCCCCCC/C=C\CCCCCCCC(N)C(O)CCO. The highest BCUT2D eigenvalue weighted by Gasteiger charge is 2.13. The van der Waals surface area contributed by atoms with Crippen molar-refractivity contribution in [3.63, 3.8) is 0 Å². The summed E-state index contributed by atoms with van der Waals surface area (Å²) < 4.78 is 0. The Hall–Kier alpha value is -0.380. The minimum atomic E-state index is -0.549. The van der Waals surface area contributed by atoms with E-state index in [0.29, 0.717) is 6.42 Å². The van der Waals surface area contributed by atoms with Crippen LogP contribution in [0.2, 0.25) is 0 Å². The Kier molecular flexibility index (Phi) is 18.7. The van der Waals surface area contributed by atoms with E-state index < -0.39 is 6.10 Å². The number of nitrogens with two attached hydrogens (primary N) is 1. The number of hydrogen-bond acceptors (Lipinski definition) is 3. The van der Waals surface area contributed by atoms with Gasteiger partial charge in [-0.05, 0) is 38.5 Å². The fourth-order valence-electron chi connectivity index (χ4n) is 2.99. The van der Waals surface area contributed by atoms with Crippen molar-refractivity contribution in [3.8, 4) is 0 Å². The van der Waals surface area contributed by atoms with Gasteiger partial charge in [0.25, 0.3) is 0 Å². The van der Waals surface area contributed by atoms with E-state index in [1.807, 2.05) is 0 Å². The zero-order chi connectivity index (χ0) is 17.9. The Morgan fingerprint density at radius 3 is 1.79 bits per heavy atom. The minimum Gasteiger partial charge on any atom is -0.396 e. The normalized spacial score (nSPS) is 14.3. The van der Waals surface area contributed by atoms with E-state index in [1.54, 1.807) is 0 Å². The van der Waals surface area contributed by atoms with Crippen LogP contribution in [0.1, 0.15) is 103 Å². The van der Waals surface area contributed by atoms with Crippen molar-refractivity contribution in [3.05, 3.63) is 12.2 Å². The van der Waals surface area contributed by atoms with Gasteiger partial charge in [0.05, 0.1) is 6.10 Å². The van der Waals surface area contributed by atoms with Gasteiger partial charge in [0.1, 0.15) is 0 Å². The summed E-state index contributed by atoms with van der Waals surface area (Å²) in [7, 11) is 0. The summed E-state index contributed by atoms with van der Waals surface area (Å²) in [6, 6.07) is -0.179. The lowest BCUT2D eigenvalue weighted by Crippen LogP contribution is -2.35. The molecule has 2 unspecified atom stereocenters. The summed E-state index contributed by atoms with van der Waals surface area (Å²) in [5.41, 5.74) is 5.89. The van der Waals surface area contributed by atoms with Gasteiger partial charge in [-0.2, -0.15) is 0 Å². The van der Waals surface area contributed by atoms with Gasteiger partial charge in [-0.3, -0.25) is 0 Å². The zero-order valence-corrected chi connectivity index (χ0v) is 16.1. The summed E-state index contributed by atoms with van der Waals surface area (Å²) in [4.78, 5) is 0. The molecule has 0 saturated heterocycles. The van der Waals surface area contributed by atoms with Crippen molar-refractivity contribution < 1.29 is 10.2 Å². The second-order valence-corrected chi connectivity index (χ2v) is 7.12. The molecule has 0 amide bonds. The Bertz CT molecular complexity index is 269. The summed E-state index contributed by atoms with van der Waals surface area (Å²) >= 11 is 0. The van der Waals surface area contributed by atoms with Gasteiger partial charge in [0.2, 0.25) is 0 Å². The van der Waals surface area contributed by atoms with Crippen LogP contribution in [-0.2, 0) is 0 Å². The molecule has 0 rings (SSSR count). The second-order valence-electron chi connectivity index (χ2n) is 7.12. The van der Waals surface area contributed by atoms with E-state index in [1.165, 1.54) is 77.0 Å². The van der Waals surface area contributed by atoms with Crippen molar-refractivity contribution in [1.82, 2.24) is 0 Å². The van der Waals surface area contributed by atoms with E-state index in [9.17, 15) is 5.11 Å². The third-order valence-corrected chi connectivity index (χ3v) is 4.72. The predicted octanol–water partition coefficient (Wildman–Crippen LogP) is 5.09. The number of rotatable bonds is 18. The van der Waals surface area contributed by atoms with Crippen molar-refractivity contribution in [2.75, 3.05) is 6.61 Å². The third kappa shape index (κ3) is 16.5. The lowest BCUT2D eigenvalue weighted by atomic mass is 10.0. The first-order valence-electron chi connectivity index (χ1n) is 10.4. The average Bonchev–Trinajstić information content (AvgIpc) is 2.58. The maximum Gasteiger partial charge on any atom is 0.0712 e. The lowest BCUT2D eigenvalue weighted by molar-refractivity contribution is 0.105. The molecule has 3 nitrogen and oxygen atoms in total. The Labute approximate surface area is 150 Å². The molecule has 0 saturated carbocycles. The summed E-state index contributed by atoms with van der Waals surface area (Å²) in [6.07, 6.45) is 22.3. The van der Waals surface area contributed by atoms with E-state index in [2.05, 4.69) is 19.1 Å². The second kappa shape index (κ2) is 19.0. The molecule has 0 aromatic rings. The third-order valence-electron chi connectivity index (χ3n) is 4.72. The maximum atomic E-state index is 9.64. The van der Waals surface area contributed by atoms with Crippen LogP contribution in [0.25, 0.3) is 0 Å². The first-order valence-corrected chi connectivity index (χ1v) is 10.4. The van der Waals surface area contributed by atoms with E-state index >= 15 is 0 Å². The van der Waals surface area contributed by atoms with Crippen LogP contribution >= 0.6 is 0 Å². The largest absolute Gasteiger partial charge is 0.396 e. The van der Waals surface area contributed by atoms with Gasteiger partial charge in [-0.25, -0.2) is 0 Å². The number of hydrogen-bond donors (Lipinski definition) is 3. The molecule has 3 heteroatoms. The van der Waals surface area contributed by atoms with Crippen LogP contribution in [0.5, 0.6) is 0 Å².